The number of benzene rings is 1. The highest BCUT2D eigenvalue weighted by Crippen LogP contribution is 2.26. The van der Waals surface area contributed by atoms with Crippen LogP contribution in [0.1, 0.15) is 21.6 Å². The van der Waals surface area contributed by atoms with Gasteiger partial charge in [0.1, 0.15) is 24.7 Å². The van der Waals surface area contributed by atoms with Crippen LogP contribution in [0, 0.1) is 0 Å². The summed E-state index contributed by atoms with van der Waals surface area (Å²) < 4.78 is 43.0. The fourth-order valence-electron chi connectivity index (χ4n) is 2.19. The first-order valence-corrected chi connectivity index (χ1v) is 7.69. The standard InChI is InChI=1S/C18H16F3N3O3/c19-18(20,21)11-24-14(6-7-22)17-12(3-2-8-23-17)10-27-16-5-1-4-15(26)13(16)9-25/h1-9,26H,10-11,22H2/b7-6-,24-14?. The van der Waals surface area contributed by atoms with E-state index in [9.17, 15) is 23.1 Å². The largest absolute Gasteiger partial charge is 0.507 e. The van der Waals surface area contributed by atoms with Gasteiger partial charge in [0.2, 0.25) is 0 Å². The summed E-state index contributed by atoms with van der Waals surface area (Å²) in [6, 6.07) is 7.49. The number of aromatic hydroxyl groups is 1. The number of allylic oxidation sites excluding steroid dienone is 1. The quantitative estimate of drug-likeness (QED) is 0.569. The van der Waals surface area contributed by atoms with Gasteiger partial charge in [0.15, 0.2) is 6.29 Å². The Morgan fingerprint density at radius 1 is 1.30 bits per heavy atom. The lowest BCUT2D eigenvalue weighted by Crippen LogP contribution is -2.16. The molecule has 0 unspecified atom stereocenters. The molecule has 142 valence electrons. The van der Waals surface area contributed by atoms with E-state index in [4.69, 9.17) is 10.5 Å². The average molecular weight is 379 g/mol. The fourth-order valence-corrected chi connectivity index (χ4v) is 2.19. The Balaban J connectivity index is 2.32. The molecule has 0 aliphatic rings. The van der Waals surface area contributed by atoms with Crippen molar-refractivity contribution in [3.05, 3.63) is 65.6 Å². The van der Waals surface area contributed by atoms with Crippen molar-refractivity contribution in [2.45, 2.75) is 12.8 Å². The van der Waals surface area contributed by atoms with Gasteiger partial charge in [-0.3, -0.25) is 14.8 Å². The van der Waals surface area contributed by atoms with Crippen LogP contribution < -0.4 is 10.5 Å². The molecule has 9 heteroatoms. The second kappa shape index (κ2) is 8.84. The number of aliphatic imine (C=N–C) groups is 1. The zero-order valence-corrected chi connectivity index (χ0v) is 14.0. The van der Waals surface area contributed by atoms with E-state index in [1.54, 1.807) is 12.1 Å². The van der Waals surface area contributed by atoms with Gasteiger partial charge in [0.05, 0.1) is 17.0 Å². The van der Waals surface area contributed by atoms with Crippen LogP contribution in [0.5, 0.6) is 11.5 Å². The van der Waals surface area contributed by atoms with Crippen LogP contribution >= 0.6 is 0 Å². The first kappa shape index (κ1) is 20.0. The van der Waals surface area contributed by atoms with Crippen molar-refractivity contribution in [3.63, 3.8) is 0 Å². The molecule has 1 aromatic heterocycles. The smallest absolute Gasteiger partial charge is 0.407 e. The second-order valence-electron chi connectivity index (χ2n) is 5.28. The summed E-state index contributed by atoms with van der Waals surface area (Å²) in [4.78, 5) is 18.7. The minimum absolute atomic E-state index is 0.0317. The summed E-state index contributed by atoms with van der Waals surface area (Å²) >= 11 is 0. The normalized spacial score (nSPS) is 12.3. The van der Waals surface area contributed by atoms with Crippen LogP contribution in [0.15, 0.2) is 53.8 Å². The lowest BCUT2D eigenvalue weighted by molar-refractivity contribution is -0.118. The maximum atomic E-state index is 12.5. The number of pyridine rings is 1. The number of rotatable bonds is 7. The van der Waals surface area contributed by atoms with E-state index in [1.807, 2.05) is 0 Å². The number of alkyl halides is 3. The number of hydrogen-bond donors (Lipinski definition) is 2. The van der Waals surface area contributed by atoms with E-state index in [-0.39, 0.29) is 35.1 Å². The molecule has 0 saturated heterocycles. The zero-order valence-electron chi connectivity index (χ0n) is 14.0. The van der Waals surface area contributed by atoms with Crippen molar-refractivity contribution in [3.8, 4) is 11.5 Å². The zero-order chi connectivity index (χ0) is 19.9. The number of carbonyl (C=O) groups is 1. The first-order chi connectivity index (χ1) is 12.9. The highest BCUT2D eigenvalue weighted by Gasteiger charge is 2.27. The van der Waals surface area contributed by atoms with Crippen LogP contribution in [0.25, 0.3) is 0 Å². The van der Waals surface area contributed by atoms with Crippen LogP contribution in [0.3, 0.4) is 0 Å². The molecule has 0 aliphatic heterocycles. The summed E-state index contributed by atoms with van der Waals surface area (Å²) in [5.41, 5.74) is 5.81. The van der Waals surface area contributed by atoms with Crippen LogP contribution in [-0.2, 0) is 6.61 Å². The molecule has 0 bridgehead atoms. The Morgan fingerprint density at radius 3 is 2.74 bits per heavy atom. The van der Waals surface area contributed by atoms with Gasteiger partial charge in [0.25, 0.3) is 0 Å². The van der Waals surface area contributed by atoms with Crippen molar-refractivity contribution in [2.24, 2.45) is 10.7 Å². The molecule has 0 fully saturated rings. The van der Waals surface area contributed by atoms with E-state index in [2.05, 4.69) is 9.98 Å². The molecule has 3 N–H and O–H groups in total. The maximum Gasteiger partial charge on any atom is 0.407 e. The lowest BCUT2D eigenvalue weighted by atomic mass is 10.1. The molecule has 0 saturated carbocycles. The van der Waals surface area contributed by atoms with Crippen molar-refractivity contribution in [1.29, 1.82) is 0 Å². The number of hydrogen-bond acceptors (Lipinski definition) is 6. The van der Waals surface area contributed by atoms with Gasteiger partial charge >= 0.3 is 6.18 Å². The average Bonchev–Trinajstić information content (AvgIpc) is 2.63. The van der Waals surface area contributed by atoms with Gasteiger partial charge in [-0.05, 0) is 30.5 Å². The summed E-state index contributed by atoms with van der Waals surface area (Å²) in [6.45, 7) is -1.50. The number of carbonyl (C=O) groups excluding carboxylic acids is 1. The third kappa shape index (κ3) is 5.56. The summed E-state index contributed by atoms with van der Waals surface area (Å²) in [7, 11) is 0. The SMILES string of the molecule is N/C=C\C(=NCC(F)(F)F)c1ncccc1COc1cccc(O)c1C=O. The molecule has 0 aliphatic carbocycles. The summed E-state index contributed by atoms with van der Waals surface area (Å²) in [5.74, 6) is -0.115. The molecule has 2 aromatic rings. The Labute approximate surface area is 152 Å². The van der Waals surface area contributed by atoms with E-state index in [1.165, 1.54) is 30.5 Å². The van der Waals surface area contributed by atoms with E-state index in [0.717, 1.165) is 6.20 Å². The monoisotopic (exact) mass is 379 g/mol. The van der Waals surface area contributed by atoms with E-state index >= 15 is 0 Å². The van der Waals surface area contributed by atoms with Gasteiger partial charge < -0.3 is 15.6 Å². The predicted molar refractivity (Wildman–Crippen MR) is 92.8 cm³/mol. The Morgan fingerprint density at radius 2 is 2.07 bits per heavy atom. The van der Waals surface area contributed by atoms with Gasteiger partial charge in [-0.1, -0.05) is 12.1 Å². The number of aromatic nitrogens is 1. The molecule has 0 atom stereocenters. The predicted octanol–water partition coefficient (Wildman–Crippen LogP) is 3.00. The number of phenolic OH excluding ortho intramolecular Hbond substituents is 1. The van der Waals surface area contributed by atoms with E-state index < -0.39 is 12.7 Å². The molecule has 1 heterocycles. The third-order valence-corrected chi connectivity index (χ3v) is 3.36. The number of aldehydes is 1. The number of phenols is 1. The van der Waals surface area contributed by atoms with E-state index in [0.29, 0.717) is 11.8 Å². The lowest BCUT2D eigenvalue weighted by Gasteiger charge is -2.12. The third-order valence-electron chi connectivity index (χ3n) is 3.36. The molecule has 0 amide bonds. The molecular weight excluding hydrogens is 363 g/mol. The Hall–Kier alpha value is -3.36. The molecular formula is C18H16F3N3O3. The van der Waals surface area contributed by atoms with Crippen molar-refractivity contribution in [1.82, 2.24) is 4.98 Å². The minimum atomic E-state index is -4.47. The van der Waals surface area contributed by atoms with Crippen molar-refractivity contribution in [2.75, 3.05) is 6.54 Å². The van der Waals surface area contributed by atoms with Crippen molar-refractivity contribution >= 4 is 12.0 Å². The van der Waals surface area contributed by atoms with Gasteiger partial charge in [-0.25, -0.2) is 0 Å². The molecule has 0 radical (unpaired) electrons. The number of halogens is 3. The van der Waals surface area contributed by atoms with Crippen LogP contribution in [-0.4, -0.2) is 34.8 Å². The maximum absolute atomic E-state index is 12.5. The molecule has 0 spiro atoms. The first-order valence-electron chi connectivity index (χ1n) is 7.69. The molecule has 6 nitrogen and oxygen atoms in total. The Bertz CT molecular complexity index is 864. The number of nitrogens with zero attached hydrogens (tertiary/aromatic N) is 2. The molecule has 1 aromatic carbocycles. The summed E-state index contributed by atoms with van der Waals surface area (Å²) in [6.07, 6.45) is -0.351. The second-order valence-corrected chi connectivity index (χ2v) is 5.28. The van der Waals surface area contributed by atoms with Gasteiger partial charge in [-0.15, -0.1) is 0 Å². The van der Waals surface area contributed by atoms with Crippen LogP contribution in [0.2, 0.25) is 0 Å². The van der Waals surface area contributed by atoms with Gasteiger partial charge in [-0.2, -0.15) is 13.2 Å². The highest BCUT2D eigenvalue weighted by molar-refractivity contribution is 6.08. The molecule has 27 heavy (non-hydrogen) atoms. The number of nitrogens with two attached hydrogens (primary N) is 1. The number of ether oxygens (including phenoxy) is 1. The molecule has 2 rings (SSSR count). The van der Waals surface area contributed by atoms with Crippen LogP contribution in [0.4, 0.5) is 13.2 Å². The Kier molecular flexibility index (Phi) is 6.53. The highest BCUT2D eigenvalue weighted by atomic mass is 19.4. The topological polar surface area (TPSA) is 97.8 Å². The summed E-state index contributed by atoms with van der Waals surface area (Å²) in [5, 5.41) is 9.68. The van der Waals surface area contributed by atoms with Crippen molar-refractivity contribution < 1.29 is 27.8 Å². The van der Waals surface area contributed by atoms with Gasteiger partial charge in [0, 0.05) is 11.8 Å². The minimum Gasteiger partial charge on any atom is -0.507 e. The fraction of sp³-hybridized carbons (Fsp3) is 0.167.